The molecule has 11 heteroatoms. The quantitative estimate of drug-likeness (QED) is 0.233. The third-order valence-corrected chi connectivity index (χ3v) is 6.62. The Kier molecular flexibility index (Phi) is 7.49. The lowest BCUT2D eigenvalue weighted by atomic mass is 10.1. The molecule has 0 spiro atoms. The van der Waals surface area contributed by atoms with Crippen molar-refractivity contribution in [2.75, 3.05) is 31.5 Å². The first-order valence-corrected chi connectivity index (χ1v) is 12.3. The number of rotatable bonds is 11. The third kappa shape index (κ3) is 6.07. The van der Waals surface area contributed by atoms with E-state index in [2.05, 4.69) is 20.2 Å². The van der Waals surface area contributed by atoms with E-state index in [9.17, 15) is 17.9 Å². The van der Waals surface area contributed by atoms with Crippen LogP contribution in [0.3, 0.4) is 0 Å². The predicted octanol–water partition coefficient (Wildman–Crippen LogP) is 3.21. The van der Waals surface area contributed by atoms with E-state index >= 15 is 0 Å². The number of aliphatic hydroxyl groups is 1. The monoisotopic (exact) mass is 500 g/mol. The molecule has 1 unspecified atom stereocenters. The van der Waals surface area contributed by atoms with E-state index in [1.54, 1.807) is 31.4 Å². The highest BCUT2D eigenvalue weighted by Crippen LogP contribution is 2.26. The topological polar surface area (TPSA) is 126 Å². The number of ether oxygens (including phenoxy) is 2. The molecule has 0 aliphatic carbocycles. The van der Waals surface area contributed by atoms with E-state index in [0.29, 0.717) is 36.0 Å². The van der Waals surface area contributed by atoms with E-state index < -0.39 is 21.9 Å². The molecule has 0 fully saturated rings. The molecule has 0 aliphatic rings. The van der Waals surface area contributed by atoms with Crippen molar-refractivity contribution in [1.82, 2.24) is 15.5 Å². The SMILES string of the molecule is COc1n[nH]c2cc(OCCNCC(O)c3cccc(NS(=O)(=O)c4ccc(F)cc4)c3)ccc12. The Morgan fingerprint density at radius 3 is 2.69 bits per heavy atom. The number of anilines is 1. The molecule has 4 rings (SSSR count). The maximum Gasteiger partial charge on any atom is 0.261 e. The van der Waals surface area contributed by atoms with Crippen molar-refractivity contribution < 1.29 is 27.4 Å². The number of aliphatic hydroxyl groups excluding tert-OH is 1. The maximum absolute atomic E-state index is 13.1. The van der Waals surface area contributed by atoms with Gasteiger partial charge < -0.3 is 19.9 Å². The Balaban J connectivity index is 1.26. The summed E-state index contributed by atoms with van der Waals surface area (Å²) in [4.78, 5) is -0.0580. The van der Waals surface area contributed by atoms with Gasteiger partial charge in [-0.3, -0.25) is 9.82 Å². The Labute approximate surface area is 201 Å². The van der Waals surface area contributed by atoms with E-state index in [4.69, 9.17) is 9.47 Å². The van der Waals surface area contributed by atoms with Crippen molar-refractivity contribution in [3.63, 3.8) is 0 Å². The summed E-state index contributed by atoms with van der Waals surface area (Å²) in [6.07, 6.45) is -0.862. The van der Waals surface area contributed by atoms with Crippen molar-refractivity contribution in [2.45, 2.75) is 11.0 Å². The molecular weight excluding hydrogens is 475 g/mol. The number of hydrogen-bond donors (Lipinski definition) is 4. The summed E-state index contributed by atoms with van der Waals surface area (Å²) >= 11 is 0. The van der Waals surface area contributed by atoms with Gasteiger partial charge in [0.15, 0.2) is 0 Å². The van der Waals surface area contributed by atoms with Crippen LogP contribution in [0.15, 0.2) is 71.6 Å². The van der Waals surface area contributed by atoms with Gasteiger partial charge in [0.1, 0.15) is 18.2 Å². The smallest absolute Gasteiger partial charge is 0.261 e. The molecule has 3 aromatic carbocycles. The van der Waals surface area contributed by atoms with Crippen LogP contribution in [0.25, 0.3) is 10.9 Å². The molecule has 0 amide bonds. The number of aromatic amines is 1. The van der Waals surface area contributed by atoms with Gasteiger partial charge in [-0.25, -0.2) is 12.8 Å². The van der Waals surface area contributed by atoms with Gasteiger partial charge in [0, 0.05) is 24.8 Å². The largest absolute Gasteiger partial charge is 0.492 e. The normalized spacial score (nSPS) is 12.4. The average molecular weight is 501 g/mol. The van der Waals surface area contributed by atoms with Crippen LogP contribution in [0, 0.1) is 5.82 Å². The van der Waals surface area contributed by atoms with Crippen LogP contribution < -0.4 is 19.5 Å². The zero-order valence-electron chi connectivity index (χ0n) is 18.9. The van der Waals surface area contributed by atoms with Gasteiger partial charge >= 0.3 is 0 Å². The van der Waals surface area contributed by atoms with Crippen LogP contribution in [0.1, 0.15) is 11.7 Å². The summed E-state index contributed by atoms with van der Waals surface area (Å²) < 4.78 is 51.5. The molecule has 1 atom stereocenters. The second-order valence-corrected chi connectivity index (χ2v) is 9.38. The Bertz CT molecular complexity index is 1390. The maximum atomic E-state index is 13.1. The summed E-state index contributed by atoms with van der Waals surface area (Å²) in [6.45, 7) is 1.10. The minimum absolute atomic E-state index is 0.0580. The molecule has 0 aliphatic heterocycles. The number of sulfonamides is 1. The number of halogens is 1. The average Bonchev–Trinajstić information content (AvgIpc) is 3.26. The minimum Gasteiger partial charge on any atom is -0.492 e. The molecule has 0 saturated carbocycles. The second kappa shape index (κ2) is 10.7. The van der Waals surface area contributed by atoms with Gasteiger partial charge in [-0.2, -0.15) is 0 Å². The Hall–Kier alpha value is -3.67. The fourth-order valence-corrected chi connectivity index (χ4v) is 4.50. The molecule has 1 aromatic heterocycles. The lowest BCUT2D eigenvalue weighted by molar-refractivity contribution is 0.172. The highest BCUT2D eigenvalue weighted by molar-refractivity contribution is 7.92. The van der Waals surface area contributed by atoms with Crippen molar-refractivity contribution >= 4 is 26.6 Å². The predicted molar refractivity (Wildman–Crippen MR) is 130 cm³/mol. The Morgan fingerprint density at radius 2 is 1.91 bits per heavy atom. The van der Waals surface area contributed by atoms with Crippen LogP contribution in [0.5, 0.6) is 11.6 Å². The summed E-state index contributed by atoms with van der Waals surface area (Å²) in [5.41, 5.74) is 1.63. The lowest BCUT2D eigenvalue weighted by Gasteiger charge is -2.15. The fourth-order valence-electron chi connectivity index (χ4n) is 3.45. The molecule has 9 nitrogen and oxygen atoms in total. The number of nitrogens with one attached hydrogen (secondary N) is 3. The molecular formula is C24H25FN4O5S. The molecule has 0 radical (unpaired) electrons. The van der Waals surface area contributed by atoms with E-state index in [1.165, 1.54) is 12.1 Å². The molecule has 1 heterocycles. The number of methoxy groups -OCH3 is 1. The van der Waals surface area contributed by atoms with E-state index in [1.807, 2.05) is 18.2 Å². The van der Waals surface area contributed by atoms with Gasteiger partial charge in [-0.1, -0.05) is 12.1 Å². The second-order valence-electron chi connectivity index (χ2n) is 7.69. The van der Waals surface area contributed by atoms with Gasteiger partial charge in [0.05, 0.1) is 29.0 Å². The first-order valence-electron chi connectivity index (χ1n) is 10.8. The molecule has 35 heavy (non-hydrogen) atoms. The molecule has 4 aromatic rings. The summed E-state index contributed by atoms with van der Waals surface area (Å²) in [7, 11) is -2.32. The summed E-state index contributed by atoms with van der Waals surface area (Å²) in [6, 6.07) is 16.5. The van der Waals surface area contributed by atoms with Crippen LogP contribution in [-0.2, 0) is 10.0 Å². The van der Waals surface area contributed by atoms with Crippen LogP contribution in [-0.4, -0.2) is 50.5 Å². The lowest BCUT2D eigenvalue weighted by Crippen LogP contribution is -2.26. The number of benzene rings is 3. The van der Waals surface area contributed by atoms with Gasteiger partial charge in [-0.05, 0) is 54.1 Å². The number of aromatic nitrogens is 2. The van der Waals surface area contributed by atoms with Crippen LogP contribution in [0.4, 0.5) is 10.1 Å². The van der Waals surface area contributed by atoms with Gasteiger partial charge in [-0.15, -0.1) is 5.10 Å². The summed E-state index contributed by atoms with van der Waals surface area (Å²) in [5, 5.41) is 21.4. The first-order chi connectivity index (χ1) is 16.9. The standard InChI is InChI=1S/C24H25FN4O5S/c1-33-24-21-10-7-19(14-22(21)27-28-24)34-12-11-26-15-23(30)16-3-2-4-18(13-16)29-35(31,32)20-8-5-17(25)6-9-20/h2-10,13-14,23,26,29-30H,11-12,15H2,1H3,(H,27,28). The highest BCUT2D eigenvalue weighted by Gasteiger charge is 2.15. The Morgan fingerprint density at radius 1 is 1.11 bits per heavy atom. The first kappa shape index (κ1) is 24.5. The van der Waals surface area contributed by atoms with Crippen LogP contribution >= 0.6 is 0 Å². The molecule has 0 saturated heterocycles. The van der Waals surface area contributed by atoms with Gasteiger partial charge in [0.2, 0.25) is 5.88 Å². The van der Waals surface area contributed by atoms with Gasteiger partial charge in [0.25, 0.3) is 10.0 Å². The number of fused-ring (bicyclic) bond motifs is 1. The van der Waals surface area contributed by atoms with E-state index in [0.717, 1.165) is 23.0 Å². The number of nitrogens with zero attached hydrogens (tertiary/aromatic N) is 1. The fraction of sp³-hybridized carbons (Fsp3) is 0.208. The number of H-pyrrole nitrogens is 1. The molecule has 184 valence electrons. The third-order valence-electron chi connectivity index (χ3n) is 5.23. The van der Waals surface area contributed by atoms with Crippen molar-refractivity contribution in [1.29, 1.82) is 0 Å². The molecule has 4 N–H and O–H groups in total. The molecule has 0 bridgehead atoms. The summed E-state index contributed by atoms with van der Waals surface area (Å²) in [5.74, 6) is 0.674. The van der Waals surface area contributed by atoms with Crippen molar-refractivity contribution in [3.05, 3.63) is 78.1 Å². The van der Waals surface area contributed by atoms with Crippen LogP contribution in [0.2, 0.25) is 0 Å². The van der Waals surface area contributed by atoms with E-state index in [-0.39, 0.29) is 11.4 Å². The number of hydrogen-bond acceptors (Lipinski definition) is 7. The zero-order chi connectivity index (χ0) is 24.8. The van der Waals surface area contributed by atoms with Crippen molar-refractivity contribution in [3.8, 4) is 11.6 Å². The van der Waals surface area contributed by atoms with Crippen molar-refractivity contribution in [2.24, 2.45) is 0 Å². The zero-order valence-corrected chi connectivity index (χ0v) is 19.7. The minimum atomic E-state index is -3.88. The highest BCUT2D eigenvalue weighted by atomic mass is 32.2.